The molecular formula is C27H30F4N4O2. The lowest BCUT2D eigenvalue weighted by Gasteiger charge is -2.28. The second kappa shape index (κ2) is 9.61. The van der Waals surface area contributed by atoms with Crippen molar-refractivity contribution < 1.29 is 27.2 Å². The Morgan fingerprint density at radius 3 is 2.49 bits per heavy atom. The van der Waals surface area contributed by atoms with Gasteiger partial charge < -0.3 is 15.5 Å². The average molecular weight is 519 g/mol. The Morgan fingerprint density at radius 1 is 1.14 bits per heavy atom. The van der Waals surface area contributed by atoms with Crippen molar-refractivity contribution in [2.24, 2.45) is 11.8 Å². The van der Waals surface area contributed by atoms with Gasteiger partial charge in [0.05, 0.1) is 29.1 Å². The van der Waals surface area contributed by atoms with E-state index in [0.29, 0.717) is 42.0 Å². The fourth-order valence-corrected chi connectivity index (χ4v) is 5.06. The molecule has 2 aliphatic carbocycles. The summed E-state index contributed by atoms with van der Waals surface area (Å²) in [5.41, 5.74) is 0.746. The number of carbonyl (C=O) groups is 2. The first-order valence-electron chi connectivity index (χ1n) is 12.7. The Kier molecular flexibility index (Phi) is 6.62. The predicted octanol–water partition coefficient (Wildman–Crippen LogP) is 5.24. The smallest absolute Gasteiger partial charge is 0.380 e. The number of hydrogen-bond acceptors (Lipinski definition) is 4. The van der Waals surface area contributed by atoms with Crippen molar-refractivity contribution in [1.29, 1.82) is 0 Å². The standard InChI is InChI=1S/C27H30F4N4O2/c1-14-9-23(35(13-14)26(37)20-10-15(2)32-12-22(20)33-18-6-7-18)25(36)34-24(16-3-4-16)19-8-5-17(11-21(19)28)27(29,30)31/h5,8,10-12,14,16,18,23-24,33H,3-4,6-7,9,13H2,1-2H3,(H,34,36)/t14-,23-,24-/m1/s1. The zero-order valence-corrected chi connectivity index (χ0v) is 20.7. The molecule has 2 amide bonds. The number of nitrogens with one attached hydrogen (secondary N) is 2. The minimum atomic E-state index is -4.66. The molecule has 1 saturated heterocycles. The van der Waals surface area contributed by atoms with Crippen LogP contribution in [0.2, 0.25) is 0 Å². The number of nitrogens with zero attached hydrogens (tertiary/aromatic N) is 2. The SMILES string of the molecule is Cc1cc(C(=O)N2C[C@H](C)C[C@@H]2C(=O)N[C@@H](c2ccc(C(F)(F)F)cc2F)C2CC2)c(NC2CC2)cn1. The highest BCUT2D eigenvalue weighted by atomic mass is 19.4. The van der Waals surface area contributed by atoms with Gasteiger partial charge in [0.15, 0.2) is 0 Å². The lowest BCUT2D eigenvalue weighted by atomic mass is 9.98. The maximum Gasteiger partial charge on any atom is 0.416 e. The highest BCUT2D eigenvalue weighted by Crippen LogP contribution is 2.43. The predicted molar refractivity (Wildman–Crippen MR) is 129 cm³/mol. The average Bonchev–Trinajstić information content (AvgIpc) is 3.77. The third-order valence-electron chi connectivity index (χ3n) is 7.34. The van der Waals surface area contributed by atoms with Gasteiger partial charge >= 0.3 is 6.18 Å². The maximum atomic E-state index is 14.8. The number of alkyl halides is 3. The maximum absolute atomic E-state index is 14.8. The number of aryl methyl sites for hydroxylation is 1. The third-order valence-corrected chi connectivity index (χ3v) is 7.34. The van der Waals surface area contributed by atoms with E-state index < -0.39 is 35.5 Å². The van der Waals surface area contributed by atoms with Gasteiger partial charge in [-0.1, -0.05) is 13.0 Å². The number of benzene rings is 1. The molecule has 5 rings (SSSR count). The Morgan fingerprint density at radius 2 is 1.86 bits per heavy atom. The minimum absolute atomic E-state index is 0.0356. The molecule has 3 atom stereocenters. The molecule has 198 valence electrons. The van der Waals surface area contributed by atoms with Gasteiger partial charge in [-0.25, -0.2) is 4.39 Å². The zero-order chi connectivity index (χ0) is 26.5. The number of likely N-dealkylation sites (tertiary alicyclic amines) is 1. The summed E-state index contributed by atoms with van der Waals surface area (Å²) in [7, 11) is 0. The third kappa shape index (κ3) is 5.57. The highest BCUT2D eigenvalue weighted by Gasteiger charge is 2.42. The van der Waals surface area contributed by atoms with E-state index in [-0.39, 0.29) is 23.3 Å². The van der Waals surface area contributed by atoms with Crippen LogP contribution in [0.3, 0.4) is 0 Å². The number of aromatic nitrogens is 1. The molecule has 0 bridgehead atoms. The summed E-state index contributed by atoms with van der Waals surface area (Å²) >= 11 is 0. The fraction of sp³-hybridized carbons (Fsp3) is 0.519. The first-order valence-corrected chi connectivity index (χ1v) is 12.7. The molecule has 2 N–H and O–H groups in total. The Bertz CT molecular complexity index is 1210. The molecule has 1 aromatic carbocycles. The lowest BCUT2D eigenvalue weighted by Crippen LogP contribution is -2.47. The van der Waals surface area contributed by atoms with Crippen LogP contribution in [-0.2, 0) is 11.0 Å². The van der Waals surface area contributed by atoms with Gasteiger partial charge in [-0.15, -0.1) is 0 Å². The van der Waals surface area contributed by atoms with Gasteiger partial charge in [0.1, 0.15) is 11.9 Å². The molecule has 37 heavy (non-hydrogen) atoms. The van der Waals surface area contributed by atoms with Crippen LogP contribution in [0.25, 0.3) is 0 Å². The number of hydrogen-bond donors (Lipinski definition) is 2. The molecule has 0 unspecified atom stereocenters. The Hall–Kier alpha value is -3.17. The van der Waals surface area contributed by atoms with E-state index in [4.69, 9.17) is 0 Å². The van der Waals surface area contributed by atoms with Crippen LogP contribution in [0.15, 0.2) is 30.5 Å². The van der Waals surface area contributed by atoms with Crippen LogP contribution in [0.5, 0.6) is 0 Å². The van der Waals surface area contributed by atoms with Gasteiger partial charge in [-0.3, -0.25) is 14.6 Å². The van der Waals surface area contributed by atoms with Crippen molar-refractivity contribution >= 4 is 17.5 Å². The molecular weight excluding hydrogens is 488 g/mol. The van der Waals surface area contributed by atoms with Gasteiger partial charge in [0.2, 0.25) is 5.91 Å². The summed E-state index contributed by atoms with van der Waals surface area (Å²) in [5.74, 6) is -1.68. The van der Waals surface area contributed by atoms with Crippen LogP contribution in [-0.4, -0.2) is 40.3 Å². The van der Waals surface area contributed by atoms with Crippen molar-refractivity contribution in [3.05, 3.63) is 58.7 Å². The van der Waals surface area contributed by atoms with Crippen LogP contribution in [0.1, 0.15) is 72.2 Å². The molecule has 1 aliphatic heterocycles. The summed E-state index contributed by atoms with van der Waals surface area (Å²) in [6.45, 7) is 4.15. The van der Waals surface area contributed by atoms with Crippen LogP contribution in [0, 0.1) is 24.6 Å². The molecule has 6 nitrogen and oxygen atoms in total. The van der Waals surface area contributed by atoms with Crippen molar-refractivity contribution in [3.63, 3.8) is 0 Å². The first kappa shape index (κ1) is 25.5. The van der Waals surface area contributed by atoms with Crippen molar-refractivity contribution in [2.45, 2.75) is 70.3 Å². The van der Waals surface area contributed by atoms with E-state index >= 15 is 0 Å². The summed E-state index contributed by atoms with van der Waals surface area (Å²) in [6.07, 6.45) is 0.957. The van der Waals surface area contributed by atoms with E-state index in [1.54, 1.807) is 24.1 Å². The molecule has 2 saturated carbocycles. The summed E-state index contributed by atoms with van der Waals surface area (Å²) in [6, 6.07) is 2.94. The minimum Gasteiger partial charge on any atom is -0.380 e. The summed E-state index contributed by atoms with van der Waals surface area (Å²) in [4.78, 5) is 33.0. The van der Waals surface area contributed by atoms with Gasteiger partial charge in [-0.05, 0) is 69.1 Å². The van der Waals surface area contributed by atoms with E-state index in [9.17, 15) is 27.2 Å². The quantitative estimate of drug-likeness (QED) is 0.492. The fourth-order valence-electron chi connectivity index (χ4n) is 5.06. The van der Waals surface area contributed by atoms with Gasteiger partial charge in [0.25, 0.3) is 5.91 Å². The second-order valence-electron chi connectivity index (χ2n) is 10.7. The molecule has 10 heteroatoms. The Balaban J connectivity index is 1.37. The van der Waals surface area contributed by atoms with Crippen LogP contribution < -0.4 is 10.6 Å². The van der Waals surface area contributed by atoms with Crippen LogP contribution >= 0.6 is 0 Å². The molecule has 3 aliphatic rings. The number of rotatable bonds is 7. The topological polar surface area (TPSA) is 74.3 Å². The van der Waals surface area contributed by atoms with Crippen molar-refractivity contribution in [1.82, 2.24) is 15.2 Å². The summed E-state index contributed by atoms with van der Waals surface area (Å²) in [5, 5.41) is 6.22. The van der Waals surface area contributed by atoms with Crippen LogP contribution in [0.4, 0.5) is 23.2 Å². The van der Waals surface area contributed by atoms with Gasteiger partial charge in [-0.2, -0.15) is 13.2 Å². The molecule has 2 aromatic rings. The van der Waals surface area contributed by atoms with Crippen molar-refractivity contribution in [2.75, 3.05) is 11.9 Å². The molecule has 1 aromatic heterocycles. The van der Waals surface area contributed by atoms with E-state index in [2.05, 4.69) is 15.6 Å². The largest absolute Gasteiger partial charge is 0.416 e. The molecule has 3 fully saturated rings. The monoisotopic (exact) mass is 518 g/mol. The normalized spacial score (nSPS) is 22.6. The number of carbonyl (C=O) groups excluding carboxylic acids is 2. The number of pyridine rings is 1. The van der Waals surface area contributed by atoms with Gasteiger partial charge in [0, 0.05) is 23.8 Å². The molecule has 0 spiro atoms. The van der Waals surface area contributed by atoms with E-state index in [0.717, 1.165) is 37.8 Å². The number of amides is 2. The van der Waals surface area contributed by atoms with Crippen molar-refractivity contribution in [3.8, 4) is 0 Å². The summed E-state index contributed by atoms with van der Waals surface area (Å²) < 4.78 is 53.9. The van der Waals surface area contributed by atoms with E-state index in [1.807, 2.05) is 6.92 Å². The first-order chi connectivity index (χ1) is 17.5. The number of halogens is 4. The second-order valence-corrected chi connectivity index (χ2v) is 10.7. The molecule has 2 heterocycles. The lowest BCUT2D eigenvalue weighted by molar-refractivity contribution is -0.137. The number of anilines is 1. The van der Waals surface area contributed by atoms with E-state index in [1.165, 1.54) is 0 Å². The molecule has 0 radical (unpaired) electrons. The Labute approximate surface area is 212 Å². The zero-order valence-electron chi connectivity index (χ0n) is 20.7. The highest BCUT2D eigenvalue weighted by molar-refractivity contribution is 6.02.